The molecule has 0 bridgehead atoms. The van der Waals surface area contributed by atoms with Crippen LogP contribution in [-0.2, 0) is 27.8 Å². The fraction of sp³-hybridized carbons (Fsp3) is 0.238. The highest BCUT2D eigenvalue weighted by atomic mass is 35.5. The van der Waals surface area contributed by atoms with Crippen LogP contribution in [-0.4, -0.2) is 35.6 Å². The number of hydrogen-bond acceptors (Lipinski definition) is 6. The lowest BCUT2D eigenvalue weighted by atomic mass is 10.2. The summed E-state index contributed by atoms with van der Waals surface area (Å²) in [5.74, 6) is -0.771. The number of nitrogens with zero attached hydrogens (tertiary/aromatic N) is 3. The van der Waals surface area contributed by atoms with Crippen molar-refractivity contribution in [2.75, 3.05) is 11.9 Å². The summed E-state index contributed by atoms with van der Waals surface area (Å²) in [5, 5.41) is 5.54. The highest BCUT2D eigenvalue weighted by Crippen LogP contribution is 2.22. The van der Waals surface area contributed by atoms with Crippen LogP contribution >= 0.6 is 11.6 Å². The van der Waals surface area contributed by atoms with Gasteiger partial charge in [-0.05, 0) is 36.8 Å². The molecule has 0 aliphatic rings. The fourth-order valence-corrected chi connectivity index (χ4v) is 4.54. The van der Waals surface area contributed by atoms with E-state index in [0.29, 0.717) is 16.7 Å². The predicted molar refractivity (Wildman–Crippen MR) is 121 cm³/mol. The van der Waals surface area contributed by atoms with Gasteiger partial charge in [-0.15, -0.1) is 0 Å². The second kappa shape index (κ2) is 10.8. The molecule has 0 unspecified atom stereocenters. The van der Waals surface area contributed by atoms with Gasteiger partial charge >= 0.3 is 0 Å². The van der Waals surface area contributed by atoms with Crippen LogP contribution in [0.4, 0.5) is 14.5 Å². The average Bonchev–Trinajstić information content (AvgIpc) is 2.77. The zero-order valence-corrected chi connectivity index (χ0v) is 19.4. The van der Waals surface area contributed by atoms with Crippen molar-refractivity contribution < 1.29 is 22.0 Å². The Labute approximate surface area is 198 Å². The van der Waals surface area contributed by atoms with Gasteiger partial charge in [0.1, 0.15) is 12.1 Å². The van der Waals surface area contributed by atoms with E-state index < -0.39 is 45.0 Å². The second-order valence-electron chi connectivity index (χ2n) is 7.17. The van der Waals surface area contributed by atoms with Crippen molar-refractivity contribution in [2.45, 2.75) is 31.2 Å². The Morgan fingerprint density at radius 2 is 2.00 bits per heavy atom. The van der Waals surface area contributed by atoms with Gasteiger partial charge in [0.2, 0.25) is 15.9 Å². The van der Waals surface area contributed by atoms with Crippen molar-refractivity contribution >= 4 is 33.2 Å². The Kier molecular flexibility index (Phi) is 8.07. The zero-order valence-electron chi connectivity index (χ0n) is 17.8. The molecule has 0 aliphatic heterocycles. The van der Waals surface area contributed by atoms with Gasteiger partial charge in [-0.2, -0.15) is 5.10 Å². The SMILES string of the molecule is Cc1ccc(NC(=O)Cn2ncc(Cl)c(C(F)F)c2=O)cc1S(=O)(=O)NCCc1ccccn1. The summed E-state index contributed by atoms with van der Waals surface area (Å²) in [5.41, 5.74) is -0.840. The minimum Gasteiger partial charge on any atom is -0.324 e. The summed E-state index contributed by atoms with van der Waals surface area (Å²) >= 11 is 5.59. The molecule has 0 spiro atoms. The third kappa shape index (κ3) is 6.22. The van der Waals surface area contributed by atoms with Crippen molar-refractivity contribution in [2.24, 2.45) is 0 Å². The number of carbonyl (C=O) groups excluding carboxylic acids is 1. The molecule has 0 fully saturated rings. The lowest BCUT2D eigenvalue weighted by Crippen LogP contribution is -2.32. The largest absolute Gasteiger partial charge is 0.324 e. The van der Waals surface area contributed by atoms with Crippen LogP contribution in [0.5, 0.6) is 0 Å². The molecular weight excluding hydrogens is 492 g/mol. The molecule has 1 aromatic carbocycles. The van der Waals surface area contributed by atoms with Crippen molar-refractivity contribution in [1.29, 1.82) is 0 Å². The number of aryl methyl sites for hydroxylation is 1. The van der Waals surface area contributed by atoms with Crippen LogP contribution in [0.2, 0.25) is 5.02 Å². The minimum atomic E-state index is -3.90. The number of carbonyl (C=O) groups is 1. The number of alkyl halides is 2. The van der Waals surface area contributed by atoms with Gasteiger partial charge in [0.25, 0.3) is 12.0 Å². The number of rotatable bonds is 9. The van der Waals surface area contributed by atoms with Gasteiger partial charge in [-0.1, -0.05) is 23.7 Å². The minimum absolute atomic E-state index is 0.0481. The normalized spacial score (nSPS) is 11.6. The van der Waals surface area contributed by atoms with E-state index in [-0.39, 0.29) is 17.1 Å². The van der Waals surface area contributed by atoms with Crippen LogP contribution in [0.3, 0.4) is 0 Å². The van der Waals surface area contributed by atoms with E-state index in [1.54, 1.807) is 31.3 Å². The van der Waals surface area contributed by atoms with Crippen LogP contribution in [0.1, 0.15) is 23.2 Å². The Bertz CT molecular complexity index is 1350. The van der Waals surface area contributed by atoms with Gasteiger partial charge in [0.15, 0.2) is 0 Å². The Morgan fingerprint density at radius 1 is 1.24 bits per heavy atom. The van der Waals surface area contributed by atoms with E-state index in [4.69, 9.17) is 11.6 Å². The first kappa shape index (κ1) is 25.4. The van der Waals surface area contributed by atoms with Gasteiger partial charge in [-0.3, -0.25) is 14.6 Å². The molecule has 3 aromatic rings. The molecule has 2 N–H and O–H groups in total. The highest BCUT2D eigenvalue weighted by molar-refractivity contribution is 7.89. The monoisotopic (exact) mass is 511 g/mol. The van der Waals surface area contributed by atoms with Crippen LogP contribution in [0, 0.1) is 6.92 Å². The van der Waals surface area contributed by atoms with E-state index in [1.807, 2.05) is 0 Å². The standard InChI is InChI=1S/C21H20ClF2N5O4S/c1-13-5-6-15(10-17(13)34(32,33)27-9-7-14-4-2-3-8-25-14)28-18(30)12-29-21(31)19(20(23)24)16(22)11-26-29/h2-6,8,10-11,20,27H,7,9,12H2,1H3,(H,28,30). The molecule has 0 radical (unpaired) electrons. The van der Waals surface area contributed by atoms with Gasteiger partial charge in [0, 0.05) is 30.5 Å². The van der Waals surface area contributed by atoms with Crippen molar-refractivity contribution in [3.63, 3.8) is 0 Å². The van der Waals surface area contributed by atoms with E-state index in [9.17, 15) is 26.8 Å². The number of pyridine rings is 1. The van der Waals surface area contributed by atoms with Crippen molar-refractivity contribution in [3.8, 4) is 0 Å². The number of nitrogens with one attached hydrogen (secondary N) is 2. The predicted octanol–water partition coefficient (Wildman–Crippen LogP) is 2.70. The number of aromatic nitrogens is 3. The molecule has 2 heterocycles. The first-order chi connectivity index (χ1) is 16.1. The first-order valence-corrected chi connectivity index (χ1v) is 11.8. The highest BCUT2D eigenvalue weighted by Gasteiger charge is 2.21. The third-order valence-corrected chi connectivity index (χ3v) is 6.61. The second-order valence-corrected chi connectivity index (χ2v) is 9.31. The maximum absolute atomic E-state index is 13.0. The summed E-state index contributed by atoms with van der Waals surface area (Å²) in [6.07, 6.45) is -0.279. The topological polar surface area (TPSA) is 123 Å². The lowest BCUT2D eigenvalue weighted by Gasteiger charge is -2.12. The number of sulfonamides is 1. The van der Waals surface area contributed by atoms with Crippen LogP contribution in [0.25, 0.3) is 0 Å². The Hall–Kier alpha value is -3.22. The van der Waals surface area contributed by atoms with Crippen LogP contribution < -0.4 is 15.6 Å². The molecule has 180 valence electrons. The van der Waals surface area contributed by atoms with Gasteiger partial charge in [0.05, 0.1) is 16.1 Å². The number of benzene rings is 1. The molecule has 2 aromatic heterocycles. The first-order valence-electron chi connectivity index (χ1n) is 9.92. The Morgan fingerprint density at radius 3 is 2.68 bits per heavy atom. The van der Waals surface area contributed by atoms with E-state index >= 15 is 0 Å². The van der Waals surface area contributed by atoms with Crippen molar-refractivity contribution in [1.82, 2.24) is 19.5 Å². The molecule has 0 aliphatic carbocycles. The quantitative estimate of drug-likeness (QED) is 0.455. The summed E-state index contributed by atoms with van der Waals surface area (Å²) in [7, 11) is -3.90. The lowest BCUT2D eigenvalue weighted by molar-refractivity contribution is -0.117. The summed E-state index contributed by atoms with van der Waals surface area (Å²) < 4.78 is 54.7. The molecule has 0 atom stereocenters. The van der Waals surface area contributed by atoms with E-state index in [2.05, 4.69) is 20.1 Å². The maximum Gasteiger partial charge on any atom is 0.277 e. The molecule has 34 heavy (non-hydrogen) atoms. The van der Waals surface area contributed by atoms with Gasteiger partial charge < -0.3 is 5.32 Å². The molecule has 1 amide bonds. The molecule has 9 nitrogen and oxygen atoms in total. The molecule has 3 rings (SSSR count). The van der Waals surface area contributed by atoms with E-state index in [1.165, 1.54) is 18.2 Å². The maximum atomic E-state index is 13.0. The summed E-state index contributed by atoms with van der Waals surface area (Å²) in [6, 6.07) is 9.58. The third-order valence-electron chi connectivity index (χ3n) is 4.70. The molecule has 13 heteroatoms. The van der Waals surface area contributed by atoms with E-state index in [0.717, 1.165) is 11.9 Å². The number of halogens is 3. The van der Waals surface area contributed by atoms with Crippen LogP contribution in [0.15, 0.2) is 58.5 Å². The number of hydrogen-bond donors (Lipinski definition) is 2. The smallest absolute Gasteiger partial charge is 0.277 e. The zero-order chi connectivity index (χ0) is 24.9. The van der Waals surface area contributed by atoms with Gasteiger partial charge in [-0.25, -0.2) is 26.6 Å². The summed E-state index contributed by atoms with van der Waals surface area (Å²) in [6.45, 7) is 1.04. The summed E-state index contributed by atoms with van der Waals surface area (Å²) in [4.78, 5) is 28.6. The molecule has 0 saturated heterocycles. The molecular formula is C21H20ClF2N5O4S. The van der Waals surface area contributed by atoms with Crippen molar-refractivity contribution in [3.05, 3.63) is 81.0 Å². The average molecular weight is 512 g/mol. The Balaban J connectivity index is 1.71. The number of amides is 1. The number of anilines is 1. The molecule has 0 saturated carbocycles. The fourth-order valence-electron chi connectivity index (χ4n) is 3.03.